The minimum Gasteiger partial charge on any atom is -0.339 e. The molecule has 0 aliphatic heterocycles. The lowest BCUT2D eigenvalue weighted by Gasteiger charge is -2.19. The van der Waals surface area contributed by atoms with Crippen LogP contribution in [0.5, 0.6) is 0 Å². The molecule has 9 heteroatoms. The predicted octanol–water partition coefficient (Wildman–Crippen LogP) is 3.61. The van der Waals surface area contributed by atoms with Crippen LogP contribution in [0.15, 0.2) is 35.1 Å². The largest absolute Gasteiger partial charge is 0.406 e. The number of carbonyl (C=O) groups excluding carboxylic acids is 1. The quantitative estimate of drug-likeness (QED) is 0.593. The SMILES string of the molecule is CCN(CC(=O)c1cc(C)n(CC(F)(F)F)c1C)Cc1nc2ccccc2c(=O)[nH]1. The number of aromatic amines is 1. The minimum atomic E-state index is -4.36. The fourth-order valence-electron chi connectivity index (χ4n) is 3.50. The molecule has 30 heavy (non-hydrogen) atoms. The molecule has 1 N–H and O–H groups in total. The zero-order valence-corrected chi connectivity index (χ0v) is 17.0. The van der Waals surface area contributed by atoms with Crippen molar-refractivity contribution in [2.45, 2.75) is 40.0 Å². The van der Waals surface area contributed by atoms with Gasteiger partial charge in [0.1, 0.15) is 12.4 Å². The van der Waals surface area contributed by atoms with Crippen LogP contribution in [-0.4, -0.2) is 44.5 Å². The van der Waals surface area contributed by atoms with Crippen molar-refractivity contribution in [2.75, 3.05) is 13.1 Å². The second kappa shape index (κ2) is 8.43. The highest BCUT2D eigenvalue weighted by atomic mass is 19.4. The Bertz CT molecular complexity index is 1130. The normalized spacial score (nSPS) is 12.1. The molecule has 0 unspecified atom stereocenters. The van der Waals surface area contributed by atoms with Gasteiger partial charge in [0.15, 0.2) is 5.78 Å². The number of hydrogen-bond acceptors (Lipinski definition) is 4. The number of aromatic nitrogens is 3. The molecule has 2 aromatic heterocycles. The molecule has 0 aliphatic carbocycles. The highest BCUT2D eigenvalue weighted by molar-refractivity contribution is 5.99. The molecule has 0 bridgehead atoms. The summed E-state index contributed by atoms with van der Waals surface area (Å²) in [4.78, 5) is 34.0. The maximum Gasteiger partial charge on any atom is 0.406 e. The summed E-state index contributed by atoms with van der Waals surface area (Å²) in [5.41, 5.74) is 1.26. The molecule has 160 valence electrons. The first-order valence-corrected chi connectivity index (χ1v) is 9.56. The summed E-state index contributed by atoms with van der Waals surface area (Å²) < 4.78 is 39.5. The molecule has 0 fully saturated rings. The number of rotatable bonds is 7. The van der Waals surface area contributed by atoms with E-state index in [-0.39, 0.29) is 30.0 Å². The van der Waals surface area contributed by atoms with Gasteiger partial charge in [-0.25, -0.2) is 4.98 Å². The first-order valence-electron chi connectivity index (χ1n) is 9.56. The van der Waals surface area contributed by atoms with E-state index in [1.807, 2.05) is 6.92 Å². The van der Waals surface area contributed by atoms with Gasteiger partial charge in [0, 0.05) is 17.0 Å². The molecule has 0 saturated carbocycles. The van der Waals surface area contributed by atoms with Crippen LogP contribution in [0.25, 0.3) is 10.9 Å². The second-order valence-electron chi connectivity index (χ2n) is 7.24. The minimum absolute atomic E-state index is 0.00332. The Hall–Kier alpha value is -2.94. The Labute approximate surface area is 171 Å². The summed E-state index contributed by atoms with van der Waals surface area (Å²) in [5.74, 6) is 0.150. The third kappa shape index (κ3) is 4.79. The maximum absolute atomic E-state index is 12.8. The number of benzene rings is 1. The van der Waals surface area contributed by atoms with Crippen LogP contribution in [0.3, 0.4) is 0 Å². The van der Waals surface area contributed by atoms with Crippen LogP contribution in [0.1, 0.15) is 34.5 Å². The fraction of sp³-hybridized carbons (Fsp3) is 0.381. The molecule has 0 spiro atoms. The van der Waals surface area contributed by atoms with E-state index in [2.05, 4.69) is 9.97 Å². The van der Waals surface area contributed by atoms with E-state index in [4.69, 9.17) is 0 Å². The standard InChI is InChI=1S/C21H23F3N4O2/c1-4-27(11-19-25-17-8-6-5-7-15(17)20(30)26-19)10-18(29)16-9-13(2)28(14(16)3)12-21(22,23)24/h5-9H,4,10-12H2,1-3H3,(H,25,26,30). The number of nitrogens with one attached hydrogen (secondary N) is 1. The number of halogens is 3. The number of likely N-dealkylation sites (N-methyl/N-ethyl adjacent to an activating group) is 1. The van der Waals surface area contributed by atoms with Crippen molar-refractivity contribution in [3.05, 3.63) is 63.5 Å². The van der Waals surface area contributed by atoms with E-state index < -0.39 is 12.7 Å². The molecule has 0 saturated heterocycles. The van der Waals surface area contributed by atoms with Gasteiger partial charge >= 0.3 is 6.18 Å². The molecule has 3 rings (SSSR count). The van der Waals surface area contributed by atoms with Gasteiger partial charge in [-0.15, -0.1) is 0 Å². The number of aryl methyl sites for hydroxylation is 1. The van der Waals surface area contributed by atoms with E-state index in [0.717, 1.165) is 4.57 Å². The molecule has 6 nitrogen and oxygen atoms in total. The number of fused-ring (bicyclic) bond motifs is 1. The molecule has 3 aromatic rings. The number of H-pyrrole nitrogens is 1. The van der Waals surface area contributed by atoms with Crippen LogP contribution in [0.4, 0.5) is 13.2 Å². The summed E-state index contributed by atoms with van der Waals surface area (Å²) >= 11 is 0. The first kappa shape index (κ1) is 21.8. The third-order valence-electron chi connectivity index (χ3n) is 5.06. The van der Waals surface area contributed by atoms with Gasteiger partial charge in [0.25, 0.3) is 5.56 Å². The van der Waals surface area contributed by atoms with E-state index in [9.17, 15) is 22.8 Å². The van der Waals surface area contributed by atoms with Crippen molar-refractivity contribution < 1.29 is 18.0 Å². The van der Waals surface area contributed by atoms with Crippen LogP contribution >= 0.6 is 0 Å². The van der Waals surface area contributed by atoms with E-state index >= 15 is 0 Å². The van der Waals surface area contributed by atoms with Crippen molar-refractivity contribution >= 4 is 16.7 Å². The lowest BCUT2D eigenvalue weighted by atomic mass is 10.1. The van der Waals surface area contributed by atoms with Crippen molar-refractivity contribution in [2.24, 2.45) is 0 Å². The number of nitrogens with zero attached hydrogens (tertiary/aromatic N) is 3. The molecule has 1 aromatic carbocycles. The third-order valence-corrected chi connectivity index (χ3v) is 5.06. The van der Waals surface area contributed by atoms with E-state index in [1.165, 1.54) is 13.0 Å². The van der Waals surface area contributed by atoms with Crippen molar-refractivity contribution in [3.8, 4) is 0 Å². The Kier molecular flexibility index (Phi) is 6.12. The van der Waals surface area contributed by atoms with Gasteiger partial charge in [-0.1, -0.05) is 19.1 Å². The summed E-state index contributed by atoms with van der Waals surface area (Å²) in [6.07, 6.45) is -4.36. The average Bonchev–Trinajstić information content (AvgIpc) is 2.94. The molecule has 0 radical (unpaired) electrons. The number of Topliss-reactive ketones (excluding diaryl/α,β-unsaturated/α-hetero) is 1. The summed E-state index contributed by atoms with van der Waals surface area (Å²) in [6, 6.07) is 8.46. The fourth-order valence-corrected chi connectivity index (χ4v) is 3.50. The number of hydrogen-bond donors (Lipinski definition) is 1. The van der Waals surface area contributed by atoms with Gasteiger partial charge in [0.05, 0.1) is 24.0 Å². The Morgan fingerprint density at radius 1 is 1.23 bits per heavy atom. The van der Waals surface area contributed by atoms with Gasteiger partial charge in [-0.3, -0.25) is 14.5 Å². The topological polar surface area (TPSA) is 71.0 Å². The van der Waals surface area contributed by atoms with Crippen LogP contribution in [0, 0.1) is 13.8 Å². The van der Waals surface area contributed by atoms with Crippen LogP contribution < -0.4 is 5.56 Å². The number of ketones is 1. The van der Waals surface area contributed by atoms with Crippen LogP contribution in [0.2, 0.25) is 0 Å². The lowest BCUT2D eigenvalue weighted by molar-refractivity contribution is -0.141. The second-order valence-corrected chi connectivity index (χ2v) is 7.24. The molecular weight excluding hydrogens is 397 g/mol. The summed E-state index contributed by atoms with van der Waals surface area (Å²) in [5, 5.41) is 0.484. The van der Waals surface area contributed by atoms with E-state index in [1.54, 1.807) is 36.1 Å². The summed E-state index contributed by atoms with van der Waals surface area (Å²) in [6.45, 7) is 4.55. The average molecular weight is 420 g/mol. The van der Waals surface area contributed by atoms with Gasteiger partial charge in [-0.2, -0.15) is 13.2 Å². The van der Waals surface area contributed by atoms with Crippen molar-refractivity contribution in [3.63, 3.8) is 0 Å². The number of carbonyl (C=O) groups is 1. The number of alkyl halides is 3. The zero-order chi connectivity index (χ0) is 22.1. The molecule has 0 atom stereocenters. The van der Waals surface area contributed by atoms with Crippen LogP contribution in [-0.2, 0) is 13.1 Å². The van der Waals surface area contributed by atoms with Gasteiger partial charge < -0.3 is 9.55 Å². The maximum atomic E-state index is 12.8. The summed E-state index contributed by atoms with van der Waals surface area (Å²) in [7, 11) is 0. The molecule has 0 amide bonds. The Morgan fingerprint density at radius 2 is 1.93 bits per heavy atom. The first-order chi connectivity index (χ1) is 14.1. The lowest BCUT2D eigenvalue weighted by Crippen LogP contribution is -2.31. The van der Waals surface area contributed by atoms with Crippen molar-refractivity contribution in [1.82, 2.24) is 19.4 Å². The van der Waals surface area contributed by atoms with Gasteiger partial charge in [0.2, 0.25) is 0 Å². The Balaban J connectivity index is 1.79. The Morgan fingerprint density at radius 3 is 2.60 bits per heavy atom. The van der Waals surface area contributed by atoms with Gasteiger partial charge in [-0.05, 0) is 38.6 Å². The monoisotopic (exact) mass is 420 g/mol. The van der Waals surface area contributed by atoms with Crippen molar-refractivity contribution in [1.29, 1.82) is 0 Å². The highest BCUT2D eigenvalue weighted by Crippen LogP contribution is 2.23. The highest BCUT2D eigenvalue weighted by Gasteiger charge is 2.30. The molecular formula is C21H23F3N4O2. The molecule has 2 heterocycles. The smallest absolute Gasteiger partial charge is 0.339 e. The van der Waals surface area contributed by atoms with E-state index in [0.29, 0.717) is 34.7 Å². The number of para-hydroxylation sites is 1. The molecule has 0 aliphatic rings. The predicted molar refractivity (Wildman–Crippen MR) is 108 cm³/mol. The zero-order valence-electron chi connectivity index (χ0n) is 17.0.